The molecule has 0 fully saturated rings. The lowest BCUT2D eigenvalue weighted by Gasteiger charge is -2.20. The van der Waals surface area contributed by atoms with E-state index < -0.39 is 17.7 Å². The zero-order valence-electron chi connectivity index (χ0n) is 16.7. The third-order valence-corrected chi connectivity index (χ3v) is 5.50. The number of methoxy groups -OCH3 is 1. The Morgan fingerprint density at radius 1 is 1.28 bits per heavy atom. The van der Waals surface area contributed by atoms with Crippen LogP contribution in [0.15, 0.2) is 52.1 Å². The Balaban J connectivity index is 1.65. The normalized spacial score (nSPS) is 16.6. The molecule has 11 heteroatoms. The topological polar surface area (TPSA) is 104 Å². The molecule has 0 bridgehead atoms. The number of thioether (sulfide) groups is 1. The Labute approximate surface area is 190 Å². The molecule has 0 spiro atoms. The number of amidine groups is 2. The SMILES string of the molecule is COc1cc(/C=C2/C(=N)N3N=C(C)SC3=NC2=O)cc(Cl)c1OC(=O)c1ccc(F)cc1. The number of halogens is 2. The molecule has 2 heterocycles. The first-order valence-corrected chi connectivity index (χ1v) is 10.3. The standard InChI is InChI=1S/C21H14ClFN4O4S/c1-10-26-27-18(24)14(19(28)25-21(27)32-10)7-11-8-15(22)17(16(9-11)30-2)31-20(29)12-3-5-13(23)6-4-12/h3-9,24H,1-2H3/b14-7-,24-18?. The maximum Gasteiger partial charge on any atom is 0.343 e. The van der Waals surface area contributed by atoms with Crippen LogP contribution in [0.2, 0.25) is 5.02 Å². The number of hydrogen-bond donors (Lipinski definition) is 1. The van der Waals surface area contributed by atoms with Crippen LogP contribution in [0.25, 0.3) is 6.08 Å². The molecule has 162 valence electrons. The predicted molar refractivity (Wildman–Crippen MR) is 120 cm³/mol. The van der Waals surface area contributed by atoms with E-state index in [0.717, 1.165) is 12.1 Å². The molecule has 8 nitrogen and oxygen atoms in total. The van der Waals surface area contributed by atoms with Crippen molar-refractivity contribution in [2.24, 2.45) is 10.1 Å². The lowest BCUT2D eigenvalue weighted by Crippen LogP contribution is -2.35. The monoisotopic (exact) mass is 472 g/mol. The second-order valence-electron chi connectivity index (χ2n) is 6.57. The lowest BCUT2D eigenvalue weighted by molar-refractivity contribution is -0.114. The van der Waals surface area contributed by atoms with Gasteiger partial charge in [-0.25, -0.2) is 9.18 Å². The van der Waals surface area contributed by atoms with E-state index >= 15 is 0 Å². The van der Waals surface area contributed by atoms with Crippen molar-refractivity contribution < 1.29 is 23.5 Å². The zero-order valence-corrected chi connectivity index (χ0v) is 18.3. The highest BCUT2D eigenvalue weighted by Gasteiger charge is 2.34. The van der Waals surface area contributed by atoms with Gasteiger partial charge in [-0.05, 0) is 66.7 Å². The van der Waals surface area contributed by atoms with Crippen LogP contribution in [0, 0.1) is 11.2 Å². The van der Waals surface area contributed by atoms with Crippen molar-refractivity contribution in [3.63, 3.8) is 0 Å². The summed E-state index contributed by atoms with van der Waals surface area (Å²) in [6.45, 7) is 1.75. The smallest absolute Gasteiger partial charge is 0.343 e. The molecule has 2 aliphatic rings. The highest BCUT2D eigenvalue weighted by Crippen LogP contribution is 2.38. The molecule has 32 heavy (non-hydrogen) atoms. The van der Waals surface area contributed by atoms with Crippen molar-refractivity contribution >= 4 is 57.4 Å². The van der Waals surface area contributed by atoms with Crippen LogP contribution in [0.3, 0.4) is 0 Å². The van der Waals surface area contributed by atoms with E-state index in [1.807, 2.05) is 0 Å². The number of fused-ring (bicyclic) bond motifs is 1. The average molecular weight is 473 g/mol. The first-order chi connectivity index (χ1) is 15.3. The lowest BCUT2D eigenvalue weighted by atomic mass is 10.1. The van der Waals surface area contributed by atoms with Gasteiger partial charge >= 0.3 is 5.97 Å². The van der Waals surface area contributed by atoms with Gasteiger partial charge in [-0.3, -0.25) is 10.2 Å². The van der Waals surface area contributed by atoms with E-state index in [0.29, 0.717) is 15.8 Å². The van der Waals surface area contributed by atoms with Crippen LogP contribution in [0.5, 0.6) is 11.5 Å². The van der Waals surface area contributed by atoms with Crippen molar-refractivity contribution in [2.75, 3.05) is 7.11 Å². The van der Waals surface area contributed by atoms with E-state index in [9.17, 15) is 14.0 Å². The minimum Gasteiger partial charge on any atom is -0.493 e. The van der Waals surface area contributed by atoms with Gasteiger partial charge in [-0.2, -0.15) is 15.1 Å². The first kappa shape index (κ1) is 21.7. The highest BCUT2D eigenvalue weighted by atomic mass is 35.5. The molecule has 0 unspecified atom stereocenters. The number of aliphatic imine (C=N–C) groups is 1. The first-order valence-electron chi connectivity index (χ1n) is 9.09. The molecule has 0 atom stereocenters. The average Bonchev–Trinajstić information content (AvgIpc) is 3.13. The van der Waals surface area contributed by atoms with Crippen LogP contribution in [-0.2, 0) is 4.79 Å². The molecule has 2 aromatic carbocycles. The van der Waals surface area contributed by atoms with Gasteiger partial charge in [0.25, 0.3) is 5.91 Å². The summed E-state index contributed by atoms with van der Waals surface area (Å²) in [5.74, 6) is -1.84. The molecule has 0 saturated heterocycles. The summed E-state index contributed by atoms with van der Waals surface area (Å²) in [5.41, 5.74) is 0.569. The molecule has 0 aromatic heterocycles. The molecule has 2 aliphatic heterocycles. The Morgan fingerprint density at radius 2 is 2.00 bits per heavy atom. The second-order valence-corrected chi connectivity index (χ2v) is 8.14. The Kier molecular flexibility index (Phi) is 5.81. The summed E-state index contributed by atoms with van der Waals surface area (Å²) in [5, 5.41) is 14.8. The number of carbonyl (C=O) groups excluding carboxylic acids is 2. The van der Waals surface area contributed by atoms with Crippen LogP contribution in [0.4, 0.5) is 4.39 Å². The largest absolute Gasteiger partial charge is 0.493 e. The minimum absolute atomic E-state index is 0.0157. The van der Waals surface area contributed by atoms with E-state index in [1.54, 1.807) is 6.92 Å². The number of ether oxygens (including phenoxy) is 2. The fourth-order valence-corrected chi connectivity index (χ4v) is 3.91. The van der Waals surface area contributed by atoms with E-state index in [2.05, 4.69) is 10.1 Å². The summed E-state index contributed by atoms with van der Waals surface area (Å²) in [4.78, 5) is 28.8. The van der Waals surface area contributed by atoms with Gasteiger partial charge in [0.1, 0.15) is 5.82 Å². The number of amides is 1. The molecule has 1 amide bonds. The van der Waals surface area contributed by atoms with Gasteiger partial charge in [-0.1, -0.05) is 11.6 Å². The van der Waals surface area contributed by atoms with Crippen molar-refractivity contribution in [3.8, 4) is 11.5 Å². The summed E-state index contributed by atoms with van der Waals surface area (Å²) in [6.07, 6.45) is 1.43. The second kappa shape index (κ2) is 8.56. The Hall–Kier alpha value is -3.50. The quantitative estimate of drug-likeness (QED) is 0.403. The Bertz CT molecular complexity index is 1260. The van der Waals surface area contributed by atoms with Crippen molar-refractivity contribution in [1.82, 2.24) is 5.01 Å². The molecular weight excluding hydrogens is 459 g/mol. The fourth-order valence-electron chi connectivity index (χ4n) is 2.91. The summed E-state index contributed by atoms with van der Waals surface area (Å²) in [7, 11) is 1.36. The third kappa shape index (κ3) is 4.14. The van der Waals surface area contributed by atoms with Crippen LogP contribution in [-0.4, -0.2) is 40.0 Å². The molecule has 0 radical (unpaired) electrons. The van der Waals surface area contributed by atoms with Gasteiger partial charge in [0, 0.05) is 0 Å². The van der Waals surface area contributed by atoms with Gasteiger partial charge in [-0.15, -0.1) is 0 Å². The molecule has 4 rings (SSSR count). The summed E-state index contributed by atoms with van der Waals surface area (Å²) < 4.78 is 23.7. The van der Waals surface area contributed by atoms with Gasteiger partial charge in [0.05, 0.1) is 28.3 Å². The number of esters is 1. The maximum atomic E-state index is 13.1. The third-order valence-electron chi connectivity index (χ3n) is 4.39. The fraction of sp³-hybridized carbons (Fsp3) is 0.0952. The van der Waals surface area contributed by atoms with Crippen LogP contribution in [0.1, 0.15) is 22.8 Å². The number of nitrogens with one attached hydrogen (secondary N) is 1. The zero-order chi connectivity index (χ0) is 23.0. The summed E-state index contributed by atoms with van der Waals surface area (Å²) in [6, 6.07) is 7.80. The Morgan fingerprint density at radius 3 is 2.69 bits per heavy atom. The number of hydrogen-bond acceptors (Lipinski definition) is 7. The van der Waals surface area contributed by atoms with Gasteiger partial charge < -0.3 is 9.47 Å². The van der Waals surface area contributed by atoms with Crippen molar-refractivity contribution in [3.05, 3.63) is 63.9 Å². The minimum atomic E-state index is -0.748. The van der Waals surface area contributed by atoms with Crippen molar-refractivity contribution in [2.45, 2.75) is 6.92 Å². The molecule has 0 saturated carbocycles. The number of carbonyl (C=O) groups is 2. The molecular formula is C21H14ClFN4O4S. The predicted octanol–water partition coefficient (Wildman–Crippen LogP) is 4.35. The number of hydrazone groups is 1. The highest BCUT2D eigenvalue weighted by molar-refractivity contribution is 8.26. The van der Waals surface area contributed by atoms with E-state index in [1.165, 1.54) is 54.2 Å². The molecule has 0 aliphatic carbocycles. The maximum absolute atomic E-state index is 13.1. The van der Waals surface area contributed by atoms with E-state index in [4.69, 9.17) is 26.5 Å². The van der Waals surface area contributed by atoms with Crippen molar-refractivity contribution in [1.29, 1.82) is 5.41 Å². The number of nitrogens with zero attached hydrogens (tertiary/aromatic N) is 3. The van der Waals surface area contributed by atoms with Crippen LogP contribution < -0.4 is 9.47 Å². The van der Waals surface area contributed by atoms with Crippen LogP contribution >= 0.6 is 23.4 Å². The summed E-state index contributed by atoms with van der Waals surface area (Å²) >= 11 is 7.53. The van der Waals surface area contributed by atoms with Gasteiger partial charge in [0.15, 0.2) is 17.3 Å². The number of rotatable bonds is 4. The number of benzene rings is 2. The molecule has 1 N–H and O–H groups in total. The van der Waals surface area contributed by atoms with E-state index in [-0.39, 0.29) is 33.5 Å². The molecule has 2 aromatic rings. The van der Waals surface area contributed by atoms with Gasteiger partial charge in [0.2, 0.25) is 5.17 Å².